The molecule has 9 heteroatoms. The highest BCUT2D eigenvalue weighted by Crippen LogP contribution is 2.38. The first-order valence-electron chi connectivity index (χ1n) is 4.96. The van der Waals surface area contributed by atoms with E-state index in [-0.39, 0.29) is 10.6 Å². The highest BCUT2D eigenvalue weighted by Gasteiger charge is 2.39. The number of aromatic carboxylic acids is 1. The van der Waals surface area contributed by atoms with Gasteiger partial charge in [-0.2, -0.15) is 13.2 Å². The quantitative estimate of drug-likeness (QED) is 0.796. The molecule has 2 rings (SSSR count). The summed E-state index contributed by atoms with van der Waals surface area (Å²) >= 11 is 3.35. The maximum atomic E-state index is 13.2. The summed E-state index contributed by atoms with van der Waals surface area (Å²) in [6, 6.07) is 3.46. The molecule has 0 saturated heterocycles. The van der Waals surface area contributed by atoms with Gasteiger partial charge in [-0.3, -0.25) is 0 Å². The van der Waals surface area contributed by atoms with Gasteiger partial charge in [0.25, 0.3) is 0 Å². The molecule has 0 atom stereocenters. The molecule has 3 nitrogen and oxygen atoms in total. The van der Waals surface area contributed by atoms with Crippen molar-refractivity contribution in [2.24, 2.45) is 0 Å². The molecule has 0 aliphatic rings. The average Bonchev–Trinajstić information content (AvgIpc) is 2.71. The van der Waals surface area contributed by atoms with Gasteiger partial charge in [0.15, 0.2) is 5.69 Å². The van der Waals surface area contributed by atoms with Gasteiger partial charge in [-0.05, 0) is 18.2 Å². The normalized spacial score (nSPS) is 11.7. The Hall–Kier alpha value is -1.48. The number of carbonyl (C=O) groups is 1. The van der Waals surface area contributed by atoms with Crippen LogP contribution in [0.25, 0.3) is 10.6 Å². The number of carboxylic acid groups (broad SMARTS) is 1. The first-order valence-corrected chi connectivity index (χ1v) is 6.57. The van der Waals surface area contributed by atoms with Gasteiger partial charge in [0.05, 0.1) is 0 Å². The Bertz CT molecular complexity index is 663. The predicted molar refractivity (Wildman–Crippen MR) is 67.2 cm³/mol. The summed E-state index contributed by atoms with van der Waals surface area (Å²) in [6.07, 6.45) is -4.88. The zero-order valence-corrected chi connectivity index (χ0v) is 11.7. The van der Waals surface area contributed by atoms with Crippen LogP contribution < -0.4 is 0 Å². The fraction of sp³-hybridized carbons (Fsp3) is 0.0909. The lowest BCUT2D eigenvalue weighted by molar-refractivity contribution is -0.141. The van der Waals surface area contributed by atoms with E-state index in [0.29, 0.717) is 15.8 Å². The van der Waals surface area contributed by atoms with Gasteiger partial charge < -0.3 is 5.11 Å². The molecule has 1 aromatic carbocycles. The predicted octanol–water partition coefficient (Wildman–Crippen LogP) is 4.43. The molecule has 0 spiro atoms. The molecule has 1 N–H and O–H groups in total. The van der Waals surface area contributed by atoms with Crippen molar-refractivity contribution in [3.63, 3.8) is 0 Å². The third-order valence-corrected chi connectivity index (χ3v) is 3.75. The Morgan fingerprint density at radius 3 is 2.40 bits per heavy atom. The third-order valence-electron chi connectivity index (χ3n) is 2.20. The number of thiazole rings is 1. The molecular weight excluding hydrogens is 366 g/mol. The molecular formula is C11H4BrF4NO2S. The Morgan fingerprint density at radius 1 is 1.30 bits per heavy atom. The second-order valence-electron chi connectivity index (χ2n) is 3.66. The Balaban J connectivity index is 2.62. The van der Waals surface area contributed by atoms with E-state index in [9.17, 15) is 22.4 Å². The summed E-state index contributed by atoms with van der Waals surface area (Å²) in [4.78, 5) is 13.2. The van der Waals surface area contributed by atoms with Gasteiger partial charge in [0, 0.05) is 10.0 Å². The van der Waals surface area contributed by atoms with Crippen LogP contribution in [0.15, 0.2) is 22.7 Å². The number of rotatable bonds is 2. The van der Waals surface area contributed by atoms with Crippen molar-refractivity contribution in [1.82, 2.24) is 4.98 Å². The summed E-state index contributed by atoms with van der Waals surface area (Å²) < 4.78 is 51.6. The number of hydrogen-bond acceptors (Lipinski definition) is 3. The van der Waals surface area contributed by atoms with Crippen molar-refractivity contribution < 1.29 is 27.5 Å². The van der Waals surface area contributed by atoms with Crippen LogP contribution in [0.2, 0.25) is 0 Å². The number of carboxylic acids is 1. The summed E-state index contributed by atoms with van der Waals surface area (Å²) in [6.45, 7) is 0. The van der Waals surface area contributed by atoms with Crippen LogP contribution in [0.4, 0.5) is 17.6 Å². The van der Waals surface area contributed by atoms with E-state index < -0.39 is 28.5 Å². The van der Waals surface area contributed by atoms with Gasteiger partial charge in [-0.15, -0.1) is 11.3 Å². The van der Waals surface area contributed by atoms with E-state index >= 15 is 0 Å². The molecule has 0 bridgehead atoms. The molecule has 106 valence electrons. The van der Waals surface area contributed by atoms with Crippen LogP contribution in [-0.4, -0.2) is 16.1 Å². The minimum Gasteiger partial charge on any atom is -0.477 e. The lowest BCUT2D eigenvalue weighted by Gasteiger charge is -2.02. The fourth-order valence-electron chi connectivity index (χ4n) is 1.46. The van der Waals surface area contributed by atoms with E-state index in [0.717, 1.165) is 12.1 Å². The van der Waals surface area contributed by atoms with Gasteiger partial charge >= 0.3 is 12.1 Å². The lowest BCUT2D eigenvalue weighted by atomic mass is 10.2. The van der Waals surface area contributed by atoms with Crippen molar-refractivity contribution in [2.45, 2.75) is 6.18 Å². The Morgan fingerprint density at radius 2 is 1.95 bits per heavy atom. The van der Waals surface area contributed by atoms with Crippen LogP contribution in [0, 0.1) is 5.82 Å². The number of halogens is 5. The summed E-state index contributed by atoms with van der Waals surface area (Å²) in [5.41, 5.74) is -1.41. The molecule has 0 unspecified atom stereocenters. The van der Waals surface area contributed by atoms with Crippen LogP contribution in [0.3, 0.4) is 0 Å². The number of alkyl halides is 3. The molecule has 0 saturated carbocycles. The van der Waals surface area contributed by atoms with Crippen molar-refractivity contribution >= 4 is 33.2 Å². The van der Waals surface area contributed by atoms with E-state index in [1.165, 1.54) is 6.07 Å². The summed E-state index contributed by atoms with van der Waals surface area (Å²) in [7, 11) is 0. The molecule has 0 amide bonds. The Labute approximate surface area is 122 Å². The molecule has 0 aliphatic heterocycles. The largest absolute Gasteiger partial charge is 0.477 e. The van der Waals surface area contributed by atoms with Crippen LogP contribution in [0.1, 0.15) is 15.4 Å². The zero-order valence-electron chi connectivity index (χ0n) is 9.33. The van der Waals surface area contributed by atoms with Crippen molar-refractivity contribution in [3.05, 3.63) is 39.1 Å². The molecule has 0 aliphatic carbocycles. The highest BCUT2D eigenvalue weighted by atomic mass is 79.9. The van der Waals surface area contributed by atoms with Crippen LogP contribution in [0.5, 0.6) is 0 Å². The lowest BCUT2D eigenvalue weighted by Crippen LogP contribution is -2.11. The summed E-state index contributed by atoms with van der Waals surface area (Å²) in [5, 5.41) is 8.57. The highest BCUT2D eigenvalue weighted by molar-refractivity contribution is 9.10. The number of aromatic nitrogens is 1. The average molecular weight is 370 g/mol. The van der Waals surface area contributed by atoms with Gasteiger partial charge in [0.2, 0.25) is 0 Å². The van der Waals surface area contributed by atoms with Crippen LogP contribution >= 0.6 is 27.3 Å². The number of nitrogens with zero attached hydrogens (tertiary/aromatic N) is 1. The smallest absolute Gasteiger partial charge is 0.435 e. The molecule has 0 radical (unpaired) electrons. The van der Waals surface area contributed by atoms with Gasteiger partial charge in [-0.25, -0.2) is 14.2 Å². The molecule has 1 heterocycles. The molecule has 20 heavy (non-hydrogen) atoms. The van der Waals surface area contributed by atoms with Gasteiger partial charge in [-0.1, -0.05) is 15.9 Å². The van der Waals surface area contributed by atoms with E-state index in [1.807, 2.05) is 0 Å². The number of benzene rings is 1. The van der Waals surface area contributed by atoms with Gasteiger partial charge in [0.1, 0.15) is 15.7 Å². The zero-order chi connectivity index (χ0) is 15.1. The monoisotopic (exact) mass is 369 g/mol. The maximum absolute atomic E-state index is 13.2. The minimum atomic E-state index is -4.88. The number of hydrogen-bond donors (Lipinski definition) is 1. The van der Waals surface area contributed by atoms with Crippen LogP contribution in [-0.2, 0) is 6.18 Å². The van der Waals surface area contributed by atoms with E-state index in [4.69, 9.17) is 5.11 Å². The van der Waals surface area contributed by atoms with Crippen molar-refractivity contribution in [3.8, 4) is 10.6 Å². The Kier molecular flexibility index (Phi) is 3.83. The molecule has 1 aromatic heterocycles. The SMILES string of the molecule is O=C(O)c1sc(-c2cc(F)cc(Br)c2)nc1C(F)(F)F. The fourth-order valence-corrected chi connectivity index (χ4v) is 2.83. The topological polar surface area (TPSA) is 50.2 Å². The maximum Gasteiger partial charge on any atom is 0.435 e. The van der Waals surface area contributed by atoms with E-state index in [2.05, 4.69) is 20.9 Å². The molecule has 0 fully saturated rings. The minimum absolute atomic E-state index is 0.0693. The second kappa shape index (κ2) is 5.13. The van der Waals surface area contributed by atoms with Crippen molar-refractivity contribution in [2.75, 3.05) is 0 Å². The standard InChI is InChI=1S/C11H4BrF4NO2S/c12-5-1-4(2-6(13)3-5)9-17-8(11(14,15)16)7(20-9)10(18)19/h1-3H,(H,18,19). The summed E-state index contributed by atoms with van der Waals surface area (Å²) in [5.74, 6) is -2.40. The first-order chi connectivity index (χ1) is 9.18. The third kappa shape index (κ3) is 2.98. The second-order valence-corrected chi connectivity index (χ2v) is 5.57. The first kappa shape index (κ1) is 14.9. The van der Waals surface area contributed by atoms with E-state index in [1.54, 1.807) is 0 Å². The molecule has 2 aromatic rings. The van der Waals surface area contributed by atoms with Crippen molar-refractivity contribution in [1.29, 1.82) is 0 Å².